The van der Waals surface area contributed by atoms with E-state index < -0.39 is 12.1 Å². The van der Waals surface area contributed by atoms with Crippen molar-refractivity contribution in [2.24, 2.45) is 5.73 Å². The van der Waals surface area contributed by atoms with Crippen molar-refractivity contribution in [3.05, 3.63) is 0 Å². The van der Waals surface area contributed by atoms with Gasteiger partial charge < -0.3 is 20.7 Å². The first kappa shape index (κ1) is 15.3. The van der Waals surface area contributed by atoms with Gasteiger partial charge in [-0.25, -0.2) is 4.79 Å². The van der Waals surface area contributed by atoms with Crippen LogP contribution in [0, 0.1) is 12.3 Å². The van der Waals surface area contributed by atoms with Crippen molar-refractivity contribution in [1.29, 1.82) is 0 Å². The molecule has 0 aliphatic carbocycles. The highest BCUT2D eigenvalue weighted by Crippen LogP contribution is 2.12. The van der Waals surface area contributed by atoms with Gasteiger partial charge in [-0.15, -0.1) is 12.3 Å². The fourth-order valence-electron chi connectivity index (χ4n) is 2.08. The number of carbonyl (C=O) groups is 2. The quantitative estimate of drug-likeness (QED) is 0.706. The number of nitrogens with zero attached hydrogens (tertiary/aromatic N) is 1. The molecule has 0 aromatic rings. The van der Waals surface area contributed by atoms with E-state index in [1.54, 1.807) is 11.8 Å². The lowest BCUT2D eigenvalue weighted by Crippen LogP contribution is -2.53. The largest absolute Gasteiger partial charge is 0.450 e. The topological polar surface area (TPSA) is 84.7 Å². The molecule has 1 fully saturated rings. The standard InChI is InChI=1S/C13H21N3O3/c1-3-6-11(14)12(17)16-8-5-7-10(9-16)15-13(18)19-4-2/h1,10-11H,4-9,14H2,2H3,(H,15,18). The van der Waals surface area contributed by atoms with E-state index in [9.17, 15) is 9.59 Å². The Hall–Kier alpha value is -1.74. The van der Waals surface area contributed by atoms with Gasteiger partial charge in [-0.05, 0) is 19.8 Å². The van der Waals surface area contributed by atoms with Crippen molar-refractivity contribution in [3.8, 4) is 12.3 Å². The predicted octanol–water partition coefficient (Wildman–Crippen LogP) is 0.0741. The van der Waals surface area contributed by atoms with Gasteiger partial charge in [-0.1, -0.05) is 0 Å². The Kier molecular flexibility index (Phi) is 6.16. The molecule has 0 saturated carbocycles. The lowest BCUT2D eigenvalue weighted by molar-refractivity contribution is -0.133. The molecular formula is C13H21N3O3. The van der Waals surface area contributed by atoms with E-state index in [1.807, 2.05) is 0 Å². The maximum atomic E-state index is 12.0. The molecule has 19 heavy (non-hydrogen) atoms. The van der Waals surface area contributed by atoms with Crippen LogP contribution in [0.5, 0.6) is 0 Å². The van der Waals surface area contributed by atoms with Gasteiger partial charge in [0, 0.05) is 25.6 Å². The van der Waals surface area contributed by atoms with Crippen LogP contribution in [-0.2, 0) is 9.53 Å². The molecule has 3 N–H and O–H groups in total. The molecule has 1 aliphatic rings. The Balaban J connectivity index is 2.48. The van der Waals surface area contributed by atoms with Crippen LogP contribution in [0.4, 0.5) is 4.79 Å². The molecule has 1 rings (SSSR count). The van der Waals surface area contributed by atoms with Gasteiger partial charge in [0.25, 0.3) is 0 Å². The van der Waals surface area contributed by atoms with Gasteiger partial charge in [0.05, 0.1) is 12.6 Å². The molecule has 1 saturated heterocycles. The molecule has 0 spiro atoms. The van der Waals surface area contributed by atoms with E-state index in [0.29, 0.717) is 19.7 Å². The van der Waals surface area contributed by atoms with Crippen LogP contribution in [0.2, 0.25) is 0 Å². The van der Waals surface area contributed by atoms with E-state index >= 15 is 0 Å². The summed E-state index contributed by atoms with van der Waals surface area (Å²) in [6.07, 6.45) is 6.58. The number of likely N-dealkylation sites (tertiary alicyclic amines) is 1. The molecule has 2 amide bonds. The van der Waals surface area contributed by atoms with Gasteiger partial charge >= 0.3 is 6.09 Å². The van der Waals surface area contributed by atoms with Crippen molar-refractivity contribution in [2.45, 2.75) is 38.3 Å². The Bertz CT molecular complexity index is 365. The van der Waals surface area contributed by atoms with Gasteiger partial charge in [0.15, 0.2) is 0 Å². The minimum Gasteiger partial charge on any atom is -0.450 e. The normalized spacial score (nSPS) is 20.3. The number of ether oxygens (including phenoxy) is 1. The number of rotatable bonds is 4. The zero-order valence-electron chi connectivity index (χ0n) is 11.2. The van der Waals surface area contributed by atoms with E-state index in [0.717, 1.165) is 12.8 Å². The van der Waals surface area contributed by atoms with Crippen molar-refractivity contribution in [3.63, 3.8) is 0 Å². The number of hydrogen-bond donors (Lipinski definition) is 2. The van der Waals surface area contributed by atoms with Crippen LogP contribution in [0.15, 0.2) is 0 Å². The van der Waals surface area contributed by atoms with Crippen LogP contribution in [0.25, 0.3) is 0 Å². The predicted molar refractivity (Wildman–Crippen MR) is 71.2 cm³/mol. The van der Waals surface area contributed by atoms with Crippen molar-refractivity contribution >= 4 is 12.0 Å². The van der Waals surface area contributed by atoms with Gasteiger partial charge in [0.1, 0.15) is 0 Å². The Morgan fingerprint density at radius 2 is 2.37 bits per heavy atom. The van der Waals surface area contributed by atoms with Crippen LogP contribution in [0.1, 0.15) is 26.2 Å². The van der Waals surface area contributed by atoms with Gasteiger partial charge in [-0.3, -0.25) is 4.79 Å². The molecule has 6 heteroatoms. The molecule has 0 bridgehead atoms. The van der Waals surface area contributed by atoms with Gasteiger partial charge in [0.2, 0.25) is 5.91 Å². The van der Waals surface area contributed by atoms with Gasteiger partial charge in [-0.2, -0.15) is 0 Å². The SMILES string of the molecule is C#CCC(N)C(=O)N1CCCC(NC(=O)OCC)C1. The molecule has 0 radical (unpaired) electrons. The molecule has 1 aliphatic heterocycles. The smallest absolute Gasteiger partial charge is 0.407 e. The summed E-state index contributed by atoms with van der Waals surface area (Å²) in [7, 11) is 0. The number of carbonyl (C=O) groups excluding carboxylic acids is 2. The highest BCUT2D eigenvalue weighted by molar-refractivity contribution is 5.82. The molecule has 1 heterocycles. The first-order valence-corrected chi connectivity index (χ1v) is 6.49. The van der Waals surface area contributed by atoms with E-state index in [4.69, 9.17) is 16.9 Å². The minimum atomic E-state index is -0.661. The average Bonchev–Trinajstić information content (AvgIpc) is 2.38. The zero-order chi connectivity index (χ0) is 14.3. The number of hydrogen-bond acceptors (Lipinski definition) is 4. The number of amides is 2. The summed E-state index contributed by atoms with van der Waals surface area (Å²) in [6, 6.07) is -0.749. The van der Waals surface area contributed by atoms with Crippen molar-refractivity contribution in [1.82, 2.24) is 10.2 Å². The monoisotopic (exact) mass is 267 g/mol. The molecular weight excluding hydrogens is 246 g/mol. The maximum absolute atomic E-state index is 12.0. The molecule has 106 valence electrons. The third kappa shape index (κ3) is 4.79. The Morgan fingerprint density at radius 1 is 1.63 bits per heavy atom. The number of nitrogens with two attached hydrogens (primary N) is 1. The molecule has 2 atom stereocenters. The first-order chi connectivity index (χ1) is 9.08. The van der Waals surface area contributed by atoms with Crippen LogP contribution in [-0.4, -0.2) is 48.7 Å². The van der Waals surface area contributed by atoms with E-state index in [2.05, 4.69) is 11.2 Å². The minimum absolute atomic E-state index is 0.0882. The summed E-state index contributed by atoms with van der Waals surface area (Å²) in [4.78, 5) is 25.0. The summed E-state index contributed by atoms with van der Waals surface area (Å²) >= 11 is 0. The lowest BCUT2D eigenvalue weighted by atomic mass is 10.0. The number of alkyl carbamates (subject to hydrolysis) is 1. The van der Waals surface area contributed by atoms with Crippen molar-refractivity contribution < 1.29 is 14.3 Å². The number of nitrogens with one attached hydrogen (secondary N) is 1. The number of piperidine rings is 1. The fraction of sp³-hybridized carbons (Fsp3) is 0.692. The summed E-state index contributed by atoms with van der Waals surface area (Å²) in [6.45, 7) is 3.18. The van der Waals surface area contributed by atoms with Crippen LogP contribution in [0.3, 0.4) is 0 Å². The summed E-state index contributed by atoms with van der Waals surface area (Å²) in [5.41, 5.74) is 5.71. The zero-order valence-corrected chi connectivity index (χ0v) is 11.2. The molecule has 2 unspecified atom stereocenters. The number of terminal acetylenes is 1. The second-order valence-corrected chi connectivity index (χ2v) is 4.50. The highest BCUT2D eigenvalue weighted by Gasteiger charge is 2.27. The molecule has 6 nitrogen and oxygen atoms in total. The average molecular weight is 267 g/mol. The second-order valence-electron chi connectivity index (χ2n) is 4.50. The second kappa shape index (κ2) is 7.64. The summed E-state index contributed by atoms with van der Waals surface area (Å²) in [5, 5.41) is 2.74. The van der Waals surface area contributed by atoms with Crippen LogP contribution >= 0.6 is 0 Å². The van der Waals surface area contributed by atoms with E-state index in [1.165, 1.54) is 0 Å². The Morgan fingerprint density at radius 3 is 3.00 bits per heavy atom. The summed E-state index contributed by atoms with van der Waals surface area (Å²) < 4.78 is 4.82. The lowest BCUT2D eigenvalue weighted by Gasteiger charge is -2.34. The Labute approximate surface area is 113 Å². The summed E-state index contributed by atoms with van der Waals surface area (Å²) in [5.74, 6) is 2.23. The molecule has 0 aromatic heterocycles. The van der Waals surface area contributed by atoms with Crippen molar-refractivity contribution in [2.75, 3.05) is 19.7 Å². The maximum Gasteiger partial charge on any atom is 0.407 e. The van der Waals surface area contributed by atoms with Crippen LogP contribution < -0.4 is 11.1 Å². The van der Waals surface area contributed by atoms with E-state index in [-0.39, 0.29) is 18.4 Å². The first-order valence-electron chi connectivity index (χ1n) is 6.49. The molecule has 0 aromatic carbocycles. The third-order valence-electron chi connectivity index (χ3n) is 2.99. The third-order valence-corrected chi connectivity index (χ3v) is 2.99. The fourth-order valence-corrected chi connectivity index (χ4v) is 2.08. The highest BCUT2D eigenvalue weighted by atomic mass is 16.5.